The summed E-state index contributed by atoms with van der Waals surface area (Å²) in [6.07, 6.45) is -0.583. The van der Waals surface area contributed by atoms with Gasteiger partial charge in [0.15, 0.2) is 0 Å². The quantitative estimate of drug-likeness (QED) is 0.616. The first-order valence-corrected chi connectivity index (χ1v) is 10.7. The molecule has 1 heterocycles. The van der Waals surface area contributed by atoms with E-state index < -0.39 is 28.2 Å². The van der Waals surface area contributed by atoms with Gasteiger partial charge in [0.25, 0.3) is 0 Å². The van der Waals surface area contributed by atoms with Crippen LogP contribution in [0, 0.1) is 5.82 Å². The van der Waals surface area contributed by atoms with Crippen molar-refractivity contribution in [3.05, 3.63) is 59.9 Å². The Kier molecular flexibility index (Phi) is 6.07. The Hall–Kier alpha value is -3.00. The molecule has 0 saturated heterocycles. The van der Waals surface area contributed by atoms with E-state index in [2.05, 4.69) is 0 Å². The largest absolute Gasteiger partial charge is 0.452 e. The highest BCUT2D eigenvalue weighted by Gasteiger charge is 2.32. The fourth-order valence-corrected chi connectivity index (χ4v) is 3.89. The molecule has 0 N–H and O–H groups in total. The van der Waals surface area contributed by atoms with Gasteiger partial charge in [0.1, 0.15) is 16.5 Å². The number of aromatic nitrogens is 1. The van der Waals surface area contributed by atoms with Gasteiger partial charge in [-0.3, -0.25) is 4.90 Å². The SMILES string of the molecule is COC(=O)N(c1cc2cccc(C[SH](=O)=O)c2nc1-c1cccc(F)c1)C(C)(C)C. The van der Waals surface area contributed by atoms with E-state index in [9.17, 15) is 17.6 Å². The Bertz CT molecular complexity index is 1180. The van der Waals surface area contributed by atoms with Crippen LogP contribution in [-0.2, 0) is 21.2 Å². The van der Waals surface area contributed by atoms with Gasteiger partial charge >= 0.3 is 6.09 Å². The fourth-order valence-electron chi connectivity index (χ4n) is 3.36. The molecule has 2 aromatic carbocycles. The molecule has 3 rings (SSSR count). The van der Waals surface area contributed by atoms with Crippen LogP contribution in [0.25, 0.3) is 22.2 Å². The summed E-state index contributed by atoms with van der Waals surface area (Å²) >= 11 is 0. The van der Waals surface area contributed by atoms with Crippen LogP contribution in [0.2, 0.25) is 0 Å². The lowest BCUT2D eigenvalue weighted by Gasteiger charge is -2.35. The molecule has 3 aromatic rings. The second-order valence-electron chi connectivity index (χ2n) is 7.82. The molecule has 0 unspecified atom stereocenters. The maximum Gasteiger partial charge on any atom is 0.414 e. The van der Waals surface area contributed by atoms with Gasteiger partial charge in [0.2, 0.25) is 0 Å². The molecule has 30 heavy (non-hydrogen) atoms. The van der Waals surface area contributed by atoms with Crippen molar-refractivity contribution in [1.82, 2.24) is 4.98 Å². The van der Waals surface area contributed by atoms with E-state index in [4.69, 9.17) is 9.72 Å². The zero-order chi connectivity index (χ0) is 22.1. The lowest BCUT2D eigenvalue weighted by Crippen LogP contribution is -2.46. The van der Waals surface area contributed by atoms with Crippen LogP contribution in [0.15, 0.2) is 48.5 Å². The Labute approximate surface area is 176 Å². The van der Waals surface area contributed by atoms with Crippen molar-refractivity contribution in [3.8, 4) is 11.3 Å². The van der Waals surface area contributed by atoms with Gasteiger partial charge in [-0.15, -0.1) is 0 Å². The third-order valence-electron chi connectivity index (χ3n) is 4.58. The molecule has 0 radical (unpaired) electrons. The van der Waals surface area contributed by atoms with Crippen LogP contribution < -0.4 is 4.90 Å². The van der Waals surface area contributed by atoms with Crippen molar-refractivity contribution in [2.75, 3.05) is 12.0 Å². The minimum atomic E-state index is -2.66. The number of pyridine rings is 1. The molecular weight excluding hydrogens is 407 g/mol. The smallest absolute Gasteiger partial charge is 0.414 e. The second-order valence-corrected chi connectivity index (χ2v) is 8.80. The number of fused-ring (bicyclic) bond motifs is 1. The minimum absolute atomic E-state index is 0.165. The summed E-state index contributed by atoms with van der Waals surface area (Å²) in [4.78, 5) is 18.8. The third-order valence-corrected chi connectivity index (χ3v) is 5.17. The highest BCUT2D eigenvalue weighted by molar-refractivity contribution is 7.71. The van der Waals surface area contributed by atoms with Crippen LogP contribution in [0.4, 0.5) is 14.9 Å². The van der Waals surface area contributed by atoms with Gasteiger partial charge in [0.05, 0.1) is 29.8 Å². The Morgan fingerprint density at radius 3 is 2.43 bits per heavy atom. The van der Waals surface area contributed by atoms with Crippen LogP contribution >= 0.6 is 0 Å². The first-order valence-electron chi connectivity index (χ1n) is 9.30. The molecule has 158 valence electrons. The zero-order valence-corrected chi connectivity index (χ0v) is 18.1. The number of rotatable bonds is 4. The molecule has 0 aliphatic rings. The van der Waals surface area contributed by atoms with Crippen LogP contribution in [0.1, 0.15) is 26.3 Å². The summed E-state index contributed by atoms with van der Waals surface area (Å²) in [5.74, 6) is -0.613. The van der Waals surface area contributed by atoms with Gasteiger partial charge in [-0.1, -0.05) is 30.3 Å². The van der Waals surface area contributed by atoms with E-state index in [-0.39, 0.29) is 5.75 Å². The average Bonchev–Trinajstić information content (AvgIpc) is 2.66. The Balaban J connectivity index is 2.40. The molecule has 0 atom stereocenters. The molecule has 0 bridgehead atoms. The Morgan fingerprint density at radius 1 is 1.13 bits per heavy atom. The number of para-hydroxylation sites is 1. The number of anilines is 1. The summed E-state index contributed by atoms with van der Waals surface area (Å²) in [5.41, 5.74) is 1.62. The topological polar surface area (TPSA) is 76.6 Å². The molecule has 0 aliphatic heterocycles. The van der Waals surface area contributed by atoms with Crippen LogP contribution in [-0.4, -0.2) is 32.1 Å². The van der Waals surface area contributed by atoms with Crippen LogP contribution in [0.5, 0.6) is 0 Å². The first-order chi connectivity index (χ1) is 14.1. The van der Waals surface area contributed by atoms with Gasteiger partial charge in [-0.2, -0.15) is 0 Å². The van der Waals surface area contributed by atoms with E-state index in [1.54, 1.807) is 36.4 Å². The maximum absolute atomic E-state index is 14.0. The van der Waals surface area contributed by atoms with Gasteiger partial charge in [0, 0.05) is 16.5 Å². The molecule has 1 aromatic heterocycles. The molecule has 8 heteroatoms. The highest BCUT2D eigenvalue weighted by atomic mass is 32.2. The number of halogens is 1. The van der Waals surface area contributed by atoms with Gasteiger partial charge in [-0.25, -0.2) is 22.6 Å². The van der Waals surface area contributed by atoms with Crippen molar-refractivity contribution in [1.29, 1.82) is 0 Å². The maximum atomic E-state index is 14.0. The molecule has 0 aliphatic carbocycles. The summed E-state index contributed by atoms with van der Waals surface area (Å²) in [7, 11) is -1.36. The normalized spacial score (nSPS) is 11.7. The van der Waals surface area contributed by atoms with Crippen molar-refractivity contribution in [3.63, 3.8) is 0 Å². The molecule has 0 saturated carbocycles. The highest BCUT2D eigenvalue weighted by Crippen LogP contribution is 2.37. The van der Waals surface area contributed by atoms with Gasteiger partial charge < -0.3 is 4.74 Å². The number of hydrogen-bond donors (Lipinski definition) is 1. The number of methoxy groups -OCH3 is 1. The standard InChI is InChI=1S/C22H23FN2O4S/c1-22(2,3)25(21(26)29-4)18-12-15-7-5-9-16(13-30(27)28)19(15)24-20(18)14-8-6-10-17(23)11-14/h5-12,30H,13H2,1-4H3. The molecule has 1 amide bonds. The summed E-state index contributed by atoms with van der Waals surface area (Å²) in [6, 6.07) is 12.9. The van der Waals surface area contributed by atoms with E-state index in [0.717, 1.165) is 0 Å². The number of benzene rings is 2. The van der Waals surface area contributed by atoms with E-state index >= 15 is 0 Å². The lowest BCUT2D eigenvalue weighted by atomic mass is 10.0. The zero-order valence-electron chi connectivity index (χ0n) is 17.2. The number of thiol groups is 1. The van der Waals surface area contributed by atoms with Gasteiger partial charge in [-0.05, 0) is 44.5 Å². The second kappa shape index (κ2) is 8.39. The van der Waals surface area contributed by atoms with Crippen molar-refractivity contribution >= 4 is 33.4 Å². The van der Waals surface area contributed by atoms with E-state index in [1.807, 2.05) is 20.8 Å². The average molecular weight is 431 g/mol. The predicted octanol–water partition coefficient (Wildman–Crippen LogP) is 4.52. The summed E-state index contributed by atoms with van der Waals surface area (Å²) < 4.78 is 41.7. The predicted molar refractivity (Wildman–Crippen MR) is 116 cm³/mol. The van der Waals surface area contributed by atoms with Crippen molar-refractivity contribution in [2.45, 2.75) is 32.1 Å². The van der Waals surface area contributed by atoms with Crippen molar-refractivity contribution in [2.24, 2.45) is 0 Å². The fraction of sp³-hybridized carbons (Fsp3) is 0.273. The monoisotopic (exact) mass is 430 g/mol. The lowest BCUT2D eigenvalue weighted by molar-refractivity contribution is 0.172. The number of ether oxygens (including phenoxy) is 1. The molecular formula is C22H23FN2O4S. The molecule has 6 nitrogen and oxygen atoms in total. The first kappa shape index (κ1) is 21.7. The Morgan fingerprint density at radius 2 is 1.83 bits per heavy atom. The minimum Gasteiger partial charge on any atom is -0.452 e. The number of amides is 1. The van der Waals surface area contributed by atoms with Crippen LogP contribution in [0.3, 0.4) is 0 Å². The summed E-state index contributed by atoms with van der Waals surface area (Å²) in [5, 5.41) is 0.664. The molecule has 0 spiro atoms. The van der Waals surface area contributed by atoms with E-state index in [1.165, 1.54) is 24.1 Å². The summed E-state index contributed by atoms with van der Waals surface area (Å²) in [6.45, 7) is 5.55. The van der Waals surface area contributed by atoms with E-state index in [0.29, 0.717) is 33.4 Å². The third kappa shape index (κ3) is 4.43. The number of hydrogen-bond acceptors (Lipinski definition) is 5. The van der Waals surface area contributed by atoms with Crippen molar-refractivity contribution < 1.29 is 22.3 Å². The number of carbonyl (C=O) groups is 1. The molecule has 0 fully saturated rings. The number of nitrogens with zero attached hydrogens (tertiary/aromatic N) is 2. The number of carbonyl (C=O) groups excluding carboxylic acids is 1.